The summed E-state index contributed by atoms with van der Waals surface area (Å²) < 4.78 is 0. The SMILES string of the molecule is CNC(=O)C(C)(C)CNC(c1cccs1)c1cccs1. The van der Waals surface area contributed by atoms with E-state index >= 15 is 0 Å². The minimum atomic E-state index is -0.429. The number of carbonyl (C=O) groups excluding carboxylic acids is 1. The van der Waals surface area contributed by atoms with Gasteiger partial charge in [-0.2, -0.15) is 0 Å². The molecule has 0 aliphatic rings. The van der Waals surface area contributed by atoms with E-state index in [9.17, 15) is 4.79 Å². The molecule has 5 heteroatoms. The molecule has 3 nitrogen and oxygen atoms in total. The summed E-state index contributed by atoms with van der Waals surface area (Å²) in [6.45, 7) is 4.55. The predicted octanol–water partition coefficient (Wildman–Crippen LogP) is 3.26. The zero-order valence-corrected chi connectivity index (χ0v) is 13.6. The van der Waals surface area contributed by atoms with Crippen LogP contribution in [-0.4, -0.2) is 19.5 Å². The molecule has 0 bridgehead atoms. The molecular formula is C15H20N2OS2. The largest absolute Gasteiger partial charge is 0.359 e. The van der Waals surface area contributed by atoms with Crippen LogP contribution >= 0.6 is 22.7 Å². The summed E-state index contributed by atoms with van der Waals surface area (Å²) in [5.41, 5.74) is -0.429. The van der Waals surface area contributed by atoms with Crippen molar-refractivity contribution in [2.24, 2.45) is 5.41 Å². The standard InChI is InChI=1S/C15H20N2OS2/c1-15(2,14(18)16-3)10-17-13(11-6-4-8-19-11)12-7-5-9-20-12/h4-9,13,17H,10H2,1-3H3,(H,16,18). The Bertz CT molecular complexity index is 498. The number of thiophene rings is 2. The Morgan fingerprint density at radius 1 is 1.20 bits per heavy atom. The van der Waals surface area contributed by atoms with Crippen molar-refractivity contribution in [3.05, 3.63) is 44.8 Å². The third-order valence-corrected chi connectivity index (χ3v) is 5.12. The zero-order chi connectivity index (χ0) is 14.6. The zero-order valence-electron chi connectivity index (χ0n) is 12.0. The fourth-order valence-corrected chi connectivity index (χ4v) is 3.74. The number of carbonyl (C=O) groups is 1. The van der Waals surface area contributed by atoms with E-state index in [0.717, 1.165) is 0 Å². The summed E-state index contributed by atoms with van der Waals surface area (Å²) >= 11 is 3.48. The lowest BCUT2D eigenvalue weighted by Crippen LogP contribution is -2.43. The molecule has 0 saturated heterocycles. The summed E-state index contributed by atoms with van der Waals surface area (Å²) in [6.07, 6.45) is 0. The number of hydrogen-bond acceptors (Lipinski definition) is 4. The molecule has 0 atom stereocenters. The lowest BCUT2D eigenvalue weighted by atomic mass is 9.92. The lowest BCUT2D eigenvalue weighted by Gasteiger charge is -2.26. The number of rotatable bonds is 6. The van der Waals surface area contributed by atoms with Crippen LogP contribution in [0.5, 0.6) is 0 Å². The van der Waals surface area contributed by atoms with Crippen LogP contribution in [0, 0.1) is 5.41 Å². The van der Waals surface area contributed by atoms with Crippen molar-refractivity contribution in [2.75, 3.05) is 13.6 Å². The van der Waals surface area contributed by atoms with Crippen LogP contribution in [0.1, 0.15) is 29.6 Å². The second-order valence-corrected chi connectivity index (χ2v) is 7.27. The lowest BCUT2D eigenvalue weighted by molar-refractivity contribution is -0.128. The molecule has 0 aromatic carbocycles. The van der Waals surface area contributed by atoms with Crippen LogP contribution in [-0.2, 0) is 4.79 Å². The molecule has 1 amide bonds. The first-order valence-electron chi connectivity index (χ1n) is 6.57. The summed E-state index contributed by atoms with van der Waals surface area (Å²) in [4.78, 5) is 14.4. The second-order valence-electron chi connectivity index (χ2n) is 5.31. The normalized spacial score (nSPS) is 11.8. The minimum absolute atomic E-state index is 0.0566. The van der Waals surface area contributed by atoms with E-state index in [2.05, 4.69) is 45.7 Å². The van der Waals surface area contributed by atoms with Gasteiger partial charge >= 0.3 is 0 Å². The van der Waals surface area contributed by atoms with Crippen LogP contribution < -0.4 is 10.6 Å². The van der Waals surface area contributed by atoms with Crippen LogP contribution in [0.4, 0.5) is 0 Å². The smallest absolute Gasteiger partial charge is 0.226 e. The molecule has 2 heterocycles. The molecule has 0 aliphatic heterocycles. The van der Waals surface area contributed by atoms with E-state index < -0.39 is 5.41 Å². The van der Waals surface area contributed by atoms with E-state index in [1.165, 1.54) is 9.75 Å². The first-order valence-corrected chi connectivity index (χ1v) is 8.33. The molecule has 2 rings (SSSR count). The van der Waals surface area contributed by atoms with E-state index in [-0.39, 0.29) is 11.9 Å². The van der Waals surface area contributed by atoms with Gasteiger partial charge in [-0.15, -0.1) is 22.7 Å². The van der Waals surface area contributed by atoms with Crippen LogP contribution in [0.25, 0.3) is 0 Å². The Kier molecular flexibility index (Phi) is 4.96. The van der Waals surface area contributed by atoms with E-state index in [0.29, 0.717) is 6.54 Å². The third-order valence-electron chi connectivity index (χ3n) is 3.25. The van der Waals surface area contributed by atoms with Gasteiger partial charge < -0.3 is 10.6 Å². The number of hydrogen-bond donors (Lipinski definition) is 2. The maximum atomic E-state index is 11.9. The minimum Gasteiger partial charge on any atom is -0.359 e. The monoisotopic (exact) mass is 308 g/mol. The van der Waals surface area contributed by atoms with E-state index in [1.807, 2.05) is 13.8 Å². The fourth-order valence-electron chi connectivity index (χ4n) is 2.03. The molecule has 0 aliphatic carbocycles. The van der Waals surface area contributed by atoms with Gasteiger partial charge in [-0.3, -0.25) is 4.79 Å². The molecule has 2 N–H and O–H groups in total. The summed E-state index contributed by atoms with van der Waals surface area (Å²) in [7, 11) is 1.68. The van der Waals surface area contributed by atoms with Crippen LogP contribution in [0.2, 0.25) is 0 Å². The Morgan fingerprint density at radius 3 is 2.15 bits per heavy atom. The Balaban J connectivity index is 2.12. The summed E-state index contributed by atoms with van der Waals surface area (Å²) in [5.74, 6) is 0.0566. The van der Waals surface area contributed by atoms with E-state index in [1.54, 1.807) is 29.7 Å². The molecule has 108 valence electrons. The van der Waals surface area contributed by atoms with Crippen molar-refractivity contribution >= 4 is 28.6 Å². The molecule has 2 aromatic heterocycles. The van der Waals surface area contributed by atoms with Gasteiger partial charge in [0.25, 0.3) is 0 Å². The highest BCUT2D eigenvalue weighted by molar-refractivity contribution is 7.11. The highest BCUT2D eigenvalue weighted by atomic mass is 32.1. The van der Waals surface area contributed by atoms with Gasteiger partial charge in [-0.1, -0.05) is 12.1 Å². The first kappa shape index (κ1) is 15.2. The van der Waals surface area contributed by atoms with Crippen LogP contribution in [0.15, 0.2) is 35.0 Å². The first-order chi connectivity index (χ1) is 9.54. The van der Waals surface area contributed by atoms with Gasteiger partial charge in [-0.25, -0.2) is 0 Å². The summed E-state index contributed by atoms with van der Waals surface area (Å²) in [5, 5.41) is 10.4. The molecule has 0 unspecified atom stereocenters. The maximum Gasteiger partial charge on any atom is 0.226 e. The van der Waals surface area contributed by atoms with Gasteiger partial charge in [-0.05, 0) is 36.7 Å². The van der Waals surface area contributed by atoms with Crippen molar-refractivity contribution in [1.29, 1.82) is 0 Å². The Morgan fingerprint density at radius 2 is 1.75 bits per heavy atom. The second kappa shape index (κ2) is 6.52. The van der Waals surface area contributed by atoms with E-state index in [4.69, 9.17) is 0 Å². The molecule has 0 saturated carbocycles. The summed E-state index contributed by atoms with van der Waals surface area (Å²) in [6, 6.07) is 8.56. The highest BCUT2D eigenvalue weighted by Crippen LogP contribution is 2.30. The van der Waals surface area contributed by atoms with Gasteiger partial charge in [0.2, 0.25) is 5.91 Å². The van der Waals surface area contributed by atoms with Crippen molar-refractivity contribution < 1.29 is 4.79 Å². The van der Waals surface area contributed by atoms with Crippen molar-refractivity contribution in [1.82, 2.24) is 10.6 Å². The number of amides is 1. The highest BCUT2D eigenvalue weighted by Gasteiger charge is 2.28. The van der Waals surface area contributed by atoms with Gasteiger partial charge in [0, 0.05) is 23.3 Å². The predicted molar refractivity (Wildman–Crippen MR) is 86.3 cm³/mol. The molecule has 0 spiro atoms. The van der Waals surface area contributed by atoms with Crippen molar-refractivity contribution in [3.8, 4) is 0 Å². The van der Waals surface area contributed by atoms with Crippen molar-refractivity contribution in [3.63, 3.8) is 0 Å². The van der Waals surface area contributed by atoms with Crippen molar-refractivity contribution in [2.45, 2.75) is 19.9 Å². The molecule has 20 heavy (non-hydrogen) atoms. The van der Waals surface area contributed by atoms with Gasteiger partial charge in [0.15, 0.2) is 0 Å². The third kappa shape index (κ3) is 3.48. The molecular weight excluding hydrogens is 288 g/mol. The Hall–Kier alpha value is -1.17. The topological polar surface area (TPSA) is 41.1 Å². The van der Waals surface area contributed by atoms with Crippen LogP contribution in [0.3, 0.4) is 0 Å². The maximum absolute atomic E-state index is 11.9. The average molecular weight is 308 g/mol. The Labute approximate surface area is 128 Å². The van der Waals surface area contributed by atoms with Gasteiger partial charge in [0.1, 0.15) is 0 Å². The quantitative estimate of drug-likeness (QED) is 0.860. The molecule has 2 aromatic rings. The number of nitrogens with one attached hydrogen (secondary N) is 2. The molecule has 0 fully saturated rings. The fraction of sp³-hybridized carbons (Fsp3) is 0.400. The average Bonchev–Trinajstić information content (AvgIpc) is 3.10. The van der Waals surface area contributed by atoms with Gasteiger partial charge in [0.05, 0.1) is 11.5 Å². The molecule has 0 radical (unpaired) electrons.